The van der Waals surface area contributed by atoms with Crippen molar-refractivity contribution in [2.75, 3.05) is 10.8 Å². The molecule has 10 heteroatoms. The average molecular weight is 770 g/mol. The summed E-state index contributed by atoms with van der Waals surface area (Å²) in [5.41, 5.74) is 1.89. The highest BCUT2D eigenvalue weighted by Gasteiger charge is 2.35. The van der Waals surface area contributed by atoms with Gasteiger partial charge in [-0.1, -0.05) is 97.6 Å². The quantitative estimate of drug-likeness (QED) is 0.154. The van der Waals surface area contributed by atoms with Gasteiger partial charge in [-0.3, -0.25) is 13.9 Å². The molecule has 0 spiro atoms. The Kier molecular flexibility index (Phi) is 11.8. The number of nitrogens with one attached hydrogen (secondary N) is 1. The van der Waals surface area contributed by atoms with Crippen LogP contribution >= 0.6 is 34.2 Å². The van der Waals surface area contributed by atoms with Crippen LogP contribution in [-0.4, -0.2) is 43.8 Å². The highest BCUT2D eigenvalue weighted by atomic mass is 127. The molecule has 1 atom stereocenters. The predicted molar refractivity (Wildman–Crippen MR) is 191 cm³/mol. The zero-order chi connectivity index (χ0) is 32.5. The van der Waals surface area contributed by atoms with Crippen molar-refractivity contribution in [3.05, 3.63) is 129 Å². The third-order valence-corrected chi connectivity index (χ3v) is 11.1. The van der Waals surface area contributed by atoms with Crippen molar-refractivity contribution in [3.8, 4) is 0 Å². The van der Waals surface area contributed by atoms with E-state index in [2.05, 4.69) is 27.9 Å². The molecule has 0 radical (unpaired) electrons. The van der Waals surface area contributed by atoms with Gasteiger partial charge in [0.2, 0.25) is 11.8 Å². The Balaban J connectivity index is 1.56. The first-order valence-electron chi connectivity index (χ1n) is 15.4. The largest absolute Gasteiger partial charge is 0.352 e. The molecule has 46 heavy (non-hydrogen) atoms. The smallest absolute Gasteiger partial charge is 0.264 e. The highest BCUT2D eigenvalue weighted by molar-refractivity contribution is 14.1. The Hall–Kier alpha value is -3.41. The van der Waals surface area contributed by atoms with Gasteiger partial charge in [-0.15, -0.1) is 0 Å². The van der Waals surface area contributed by atoms with Crippen LogP contribution < -0.4 is 9.62 Å². The molecule has 7 nitrogen and oxygen atoms in total. The number of nitrogens with zero attached hydrogens (tertiary/aromatic N) is 2. The SMILES string of the molecule is O=C(NC1CCCCC1)[C@H](Cc1ccccc1)N(Cc1ccccc1Cl)C(=O)CN(c1ccc(I)cc1)S(=O)(=O)c1ccccc1. The topological polar surface area (TPSA) is 86.8 Å². The van der Waals surface area contributed by atoms with Gasteiger partial charge in [0.1, 0.15) is 12.6 Å². The second-order valence-corrected chi connectivity index (χ2v) is 15.0. The van der Waals surface area contributed by atoms with Crippen LogP contribution in [0.3, 0.4) is 0 Å². The standard InChI is InChI=1S/C36H37ClIN3O4S/c37-33-19-11-10-14-28(33)25-40(34(24-27-12-4-1-5-13-27)36(43)39-30-15-6-2-7-16-30)35(42)26-41(31-22-20-29(38)21-23-31)46(44,45)32-17-8-3-9-18-32/h1,3-5,8-14,17-23,30,34H,2,6-7,15-16,24-26H2,(H,39,43)/t34-/m0/s1. The summed E-state index contributed by atoms with van der Waals surface area (Å²) < 4.78 is 30.2. The van der Waals surface area contributed by atoms with E-state index < -0.39 is 28.5 Å². The molecule has 1 aliphatic carbocycles. The molecule has 1 N–H and O–H groups in total. The van der Waals surface area contributed by atoms with E-state index in [0.29, 0.717) is 16.3 Å². The monoisotopic (exact) mass is 769 g/mol. The van der Waals surface area contributed by atoms with E-state index in [9.17, 15) is 18.0 Å². The summed E-state index contributed by atoms with van der Waals surface area (Å²) in [6, 6.07) is 30.9. The van der Waals surface area contributed by atoms with Crippen LogP contribution in [0.4, 0.5) is 5.69 Å². The first-order chi connectivity index (χ1) is 22.2. The van der Waals surface area contributed by atoms with Crippen molar-refractivity contribution in [1.82, 2.24) is 10.2 Å². The van der Waals surface area contributed by atoms with Gasteiger partial charge in [0.15, 0.2) is 0 Å². The van der Waals surface area contributed by atoms with Crippen LogP contribution in [-0.2, 0) is 32.6 Å². The number of rotatable bonds is 12. The fourth-order valence-electron chi connectivity index (χ4n) is 5.76. The molecule has 240 valence electrons. The van der Waals surface area contributed by atoms with Gasteiger partial charge in [0.05, 0.1) is 10.6 Å². The Morgan fingerprint density at radius 1 is 0.826 bits per heavy atom. The lowest BCUT2D eigenvalue weighted by Gasteiger charge is -2.35. The first kappa shape index (κ1) is 33.9. The number of halogens is 2. The summed E-state index contributed by atoms with van der Waals surface area (Å²) in [4.78, 5) is 30.3. The number of carbonyl (C=O) groups excluding carboxylic acids is 2. The van der Waals surface area contributed by atoms with Crippen LogP contribution in [0.15, 0.2) is 114 Å². The van der Waals surface area contributed by atoms with Crippen molar-refractivity contribution in [2.45, 2.75) is 62.0 Å². The van der Waals surface area contributed by atoms with E-state index in [1.807, 2.05) is 42.5 Å². The van der Waals surface area contributed by atoms with Gasteiger partial charge in [-0.25, -0.2) is 8.42 Å². The number of carbonyl (C=O) groups is 2. The minimum Gasteiger partial charge on any atom is -0.352 e. The maximum Gasteiger partial charge on any atom is 0.264 e. The van der Waals surface area contributed by atoms with Crippen molar-refractivity contribution >= 4 is 61.7 Å². The van der Waals surface area contributed by atoms with Gasteiger partial charge >= 0.3 is 0 Å². The molecule has 0 aromatic heterocycles. The first-order valence-corrected chi connectivity index (χ1v) is 18.3. The lowest BCUT2D eigenvalue weighted by atomic mass is 9.94. The minimum atomic E-state index is -4.15. The number of sulfonamides is 1. The third kappa shape index (κ3) is 8.68. The molecule has 2 amide bonds. The van der Waals surface area contributed by atoms with Gasteiger partial charge in [0, 0.05) is 27.6 Å². The molecule has 4 aromatic rings. The average Bonchev–Trinajstić information content (AvgIpc) is 3.07. The molecule has 4 aromatic carbocycles. The van der Waals surface area contributed by atoms with Crippen LogP contribution in [0, 0.1) is 3.57 Å². The Morgan fingerprint density at radius 3 is 2.09 bits per heavy atom. The number of anilines is 1. The Morgan fingerprint density at radius 2 is 1.43 bits per heavy atom. The molecular formula is C36H37ClIN3O4S. The zero-order valence-electron chi connectivity index (χ0n) is 25.4. The van der Waals surface area contributed by atoms with Crippen molar-refractivity contribution < 1.29 is 18.0 Å². The van der Waals surface area contributed by atoms with Gasteiger partial charge < -0.3 is 10.2 Å². The Labute approximate surface area is 290 Å². The van der Waals surface area contributed by atoms with Crippen LogP contribution in [0.2, 0.25) is 5.02 Å². The van der Waals surface area contributed by atoms with Gasteiger partial charge in [-0.05, 0) is 89.0 Å². The summed E-state index contributed by atoms with van der Waals surface area (Å²) >= 11 is 8.75. The van der Waals surface area contributed by atoms with E-state index >= 15 is 0 Å². The molecule has 1 fully saturated rings. The molecule has 0 bridgehead atoms. The van der Waals surface area contributed by atoms with E-state index in [-0.39, 0.29) is 29.8 Å². The molecule has 0 unspecified atom stereocenters. The van der Waals surface area contributed by atoms with Crippen molar-refractivity contribution in [1.29, 1.82) is 0 Å². The summed E-state index contributed by atoms with van der Waals surface area (Å²) in [6.45, 7) is -0.482. The second-order valence-electron chi connectivity index (χ2n) is 11.5. The molecular weight excluding hydrogens is 733 g/mol. The summed E-state index contributed by atoms with van der Waals surface area (Å²) in [7, 11) is -4.15. The summed E-state index contributed by atoms with van der Waals surface area (Å²) in [5, 5.41) is 3.68. The fourth-order valence-corrected chi connectivity index (χ4v) is 7.75. The molecule has 0 saturated heterocycles. The lowest BCUT2D eigenvalue weighted by Crippen LogP contribution is -2.55. The van der Waals surface area contributed by atoms with Crippen LogP contribution in [0.25, 0.3) is 0 Å². The van der Waals surface area contributed by atoms with Crippen LogP contribution in [0.1, 0.15) is 43.2 Å². The number of benzene rings is 4. The number of amides is 2. The molecule has 0 heterocycles. The number of hydrogen-bond donors (Lipinski definition) is 1. The normalized spacial score (nSPS) is 14.3. The third-order valence-electron chi connectivity index (χ3n) is 8.25. The zero-order valence-corrected chi connectivity index (χ0v) is 29.1. The maximum atomic E-state index is 14.6. The van der Waals surface area contributed by atoms with E-state index in [0.717, 1.165) is 45.5 Å². The Bertz CT molecular complexity index is 1720. The fraction of sp³-hybridized carbons (Fsp3) is 0.278. The molecule has 5 rings (SSSR count). The van der Waals surface area contributed by atoms with Crippen molar-refractivity contribution in [2.24, 2.45) is 0 Å². The minimum absolute atomic E-state index is 0.0264. The number of hydrogen-bond acceptors (Lipinski definition) is 4. The van der Waals surface area contributed by atoms with E-state index in [1.165, 1.54) is 17.0 Å². The summed E-state index contributed by atoms with van der Waals surface area (Å²) in [5.74, 6) is -0.777. The molecule has 1 aliphatic rings. The van der Waals surface area contributed by atoms with E-state index in [1.54, 1.807) is 54.6 Å². The van der Waals surface area contributed by atoms with Crippen LogP contribution in [0.5, 0.6) is 0 Å². The van der Waals surface area contributed by atoms with E-state index in [4.69, 9.17) is 11.6 Å². The second kappa shape index (κ2) is 15.9. The molecule has 0 aliphatic heterocycles. The van der Waals surface area contributed by atoms with Gasteiger partial charge in [0.25, 0.3) is 10.0 Å². The molecule has 1 saturated carbocycles. The summed E-state index contributed by atoms with van der Waals surface area (Å²) in [6.07, 6.45) is 5.25. The highest BCUT2D eigenvalue weighted by Crippen LogP contribution is 2.27. The van der Waals surface area contributed by atoms with Crippen molar-refractivity contribution in [3.63, 3.8) is 0 Å². The maximum absolute atomic E-state index is 14.6. The van der Waals surface area contributed by atoms with Gasteiger partial charge in [-0.2, -0.15) is 0 Å². The lowest BCUT2D eigenvalue weighted by molar-refractivity contribution is -0.140. The predicted octanol–water partition coefficient (Wildman–Crippen LogP) is 7.23.